The number of ether oxygens (including phenoxy) is 1. The van der Waals surface area contributed by atoms with Gasteiger partial charge < -0.3 is 10.5 Å². The van der Waals surface area contributed by atoms with Gasteiger partial charge in [-0.3, -0.25) is 4.98 Å². The first-order valence-electron chi connectivity index (χ1n) is 6.56. The van der Waals surface area contributed by atoms with Crippen LogP contribution < -0.4 is 10.5 Å². The first-order chi connectivity index (χ1) is 8.61. The van der Waals surface area contributed by atoms with Crippen molar-refractivity contribution in [3.63, 3.8) is 0 Å². The van der Waals surface area contributed by atoms with Crippen LogP contribution in [0.2, 0.25) is 0 Å². The van der Waals surface area contributed by atoms with Crippen LogP contribution in [0.1, 0.15) is 32.9 Å². The van der Waals surface area contributed by atoms with Gasteiger partial charge in [-0.15, -0.1) is 0 Å². The molecule has 1 aromatic heterocycles. The summed E-state index contributed by atoms with van der Waals surface area (Å²) in [6.07, 6.45) is 3.60. The second kappa shape index (κ2) is 8.38. The number of hydrogen-bond acceptors (Lipinski definition) is 4. The van der Waals surface area contributed by atoms with E-state index in [1.807, 2.05) is 23.9 Å². The van der Waals surface area contributed by atoms with Gasteiger partial charge >= 0.3 is 0 Å². The third kappa shape index (κ3) is 6.26. The molecule has 0 saturated heterocycles. The summed E-state index contributed by atoms with van der Waals surface area (Å²) in [6.45, 7) is 7.21. The normalized spacial score (nSPS) is 12.7. The summed E-state index contributed by atoms with van der Waals surface area (Å²) in [7, 11) is 0. The molecule has 0 aromatic carbocycles. The van der Waals surface area contributed by atoms with Gasteiger partial charge in [-0.05, 0) is 23.8 Å². The van der Waals surface area contributed by atoms with Gasteiger partial charge in [-0.1, -0.05) is 20.8 Å². The van der Waals surface area contributed by atoms with Crippen molar-refractivity contribution in [2.45, 2.75) is 44.9 Å². The molecule has 0 saturated carbocycles. The van der Waals surface area contributed by atoms with Crippen LogP contribution in [0, 0.1) is 0 Å². The highest BCUT2D eigenvalue weighted by molar-refractivity contribution is 7.99. The molecule has 1 heterocycles. The van der Waals surface area contributed by atoms with Gasteiger partial charge in [-0.25, -0.2) is 0 Å². The zero-order valence-electron chi connectivity index (χ0n) is 11.6. The highest BCUT2D eigenvalue weighted by Gasteiger charge is 2.03. The summed E-state index contributed by atoms with van der Waals surface area (Å²) in [4.78, 5) is 4.37. The first kappa shape index (κ1) is 15.3. The third-order valence-electron chi connectivity index (χ3n) is 2.60. The molecule has 18 heavy (non-hydrogen) atoms. The van der Waals surface area contributed by atoms with E-state index in [0.717, 1.165) is 36.6 Å². The minimum atomic E-state index is 0.201. The summed E-state index contributed by atoms with van der Waals surface area (Å²) in [5.74, 6) is 1.85. The van der Waals surface area contributed by atoms with Crippen molar-refractivity contribution in [1.29, 1.82) is 0 Å². The van der Waals surface area contributed by atoms with E-state index in [9.17, 15) is 0 Å². The van der Waals surface area contributed by atoms with E-state index in [1.54, 1.807) is 6.20 Å². The minimum Gasteiger partial charge on any atom is -0.491 e. The lowest BCUT2D eigenvalue weighted by atomic mass is 10.1. The molecule has 0 spiro atoms. The molecule has 0 bridgehead atoms. The van der Waals surface area contributed by atoms with Crippen molar-refractivity contribution in [3.8, 4) is 5.75 Å². The maximum atomic E-state index is 5.90. The lowest BCUT2D eigenvalue weighted by Crippen LogP contribution is -2.21. The summed E-state index contributed by atoms with van der Waals surface area (Å²) < 4.78 is 5.63. The maximum absolute atomic E-state index is 5.90. The fourth-order valence-electron chi connectivity index (χ4n) is 1.47. The molecule has 4 heteroatoms. The molecular formula is C14H24N2OS. The smallest absolute Gasteiger partial charge is 0.137 e. The molecular weight excluding hydrogens is 244 g/mol. The van der Waals surface area contributed by atoms with Gasteiger partial charge in [0.15, 0.2) is 0 Å². The fourth-order valence-corrected chi connectivity index (χ4v) is 2.12. The topological polar surface area (TPSA) is 48.1 Å². The molecule has 1 rings (SSSR count). The number of aromatic nitrogens is 1. The van der Waals surface area contributed by atoms with Crippen molar-refractivity contribution >= 4 is 11.8 Å². The molecule has 0 amide bonds. The van der Waals surface area contributed by atoms with Crippen LogP contribution in [0.4, 0.5) is 0 Å². The molecule has 2 N–H and O–H groups in total. The van der Waals surface area contributed by atoms with Gasteiger partial charge in [0.2, 0.25) is 0 Å². The van der Waals surface area contributed by atoms with Crippen LogP contribution >= 0.6 is 11.8 Å². The van der Waals surface area contributed by atoms with Gasteiger partial charge in [-0.2, -0.15) is 11.8 Å². The van der Waals surface area contributed by atoms with E-state index in [1.165, 1.54) is 0 Å². The van der Waals surface area contributed by atoms with Crippen LogP contribution in [0.5, 0.6) is 5.75 Å². The SMILES string of the molecule is CCC(N)Cc1ccc(OCCSC(C)C)cn1. The lowest BCUT2D eigenvalue weighted by Gasteiger charge is -2.10. The first-order valence-corrected chi connectivity index (χ1v) is 7.61. The molecule has 0 aliphatic carbocycles. The Balaban J connectivity index is 2.31. The zero-order valence-corrected chi connectivity index (χ0v) is 12.4. The number of nitrogens with two attached hydrogens (primary N) is 1. The molecule has 1 aromatic rings. The Labute approximate surface area is 115 Å². The number of rotatable bonds is 8. The number of thioether (sulfide) groups is 1. The summed E-state index contributed by atoms with van der Waals surface area (Å²) in [5, 5.41) is 0.657. The largest absolute Gasteiger partial charge is 0.491 e. The van der Waals surface area contributed by atoms with Crippen LogP contribution in [0.3, 0.4) is 0 Å². The summed E-state index contributed by atoms with van der Waals surface area (Å²) >= 11 is 1.90. The molecule has 0 radical (unpaired) electrons. The van der Waals surface area contributed by atoms with E-state index < -0.39 is 0 Å². The van der Waals surface area contributed by atoms with Gasteiger partial charge in [0.05, 0.1) is 12.8 Å². The van der Waals surface area contributed by atoms with Gasteiger partial charge in [0.1, 0.15) is 5.75 Å². The Morgan fingerprint density at radius 3 is 2.72 bits per heavy atom. The molecule has 1 atom stereocenters. The van der Waals surface area contributed by atoms with E-state index in [2.05, 4.69) is 25.8 Å². The standard InChI is InChI=1S/C14H24N2OS/c1-4-12(15)9-13-5-6-14(10-16-13)17-7-8-18-11(2)3/h5-6,10-12H,4,7-9,15H2,1-3H3. The third-order valence-corrected chi connectivity index (χ3v) is 3.67. The van der Waals surface area contributed by atoms with Crippen LogP contribution in [-0.2, 0) is 6.42 Å². The fraction of sp³-hybridized carbons (Fsp3) is 0.643. The predicted molar refractivity (Wildman–Crippen MR) is 79.3 cm³/mol. The van der Waals surface area contributed by atoms with E-state index in [0.29, 0.717) is 5.25 Å². The number of hydrogen-bond donors (Lipinski definition) is 1. The molecule has 0 aliphatic rings. The predicted octanol–water partition coefficient (Wildman–Crippen LogP) is 2.88. The van der Waals surface area contributed by atoms with Crippen LogP contribution in [0.25, 0.3) is 0 Å². The van der Waals surface area contributed by atoms with Crippen molar-refractivity contribution in [1.82, 2.24) is 4.98 Å². The maximum Gasteiger partial charge on any atom is 0.137 e. The Bertz CT molecular complexity index is 327. The van der Waals surface area contributed by atoms with Crippen LogP contribution in [0.15, 0.2) is 18.3 Å². The molecule has 1 unspecified atom stereocenters. The van der Waals surface area contributed by atoms with Gasteiger partial charge in [0, 0.05) is 23.9 Å². The highest BCUT2D eigenvalue weighted by Crippen LogP contribution is 2.13. The van der Waals surface area contributed by atoms with Crippen molar-refractivity contribution in [2.75, 3.05) is 12.4 Å². The summed E-state index contributed by atoms with van der Waals surface area (Å²) in [5.41, 5.74) is 6.93. The van der Waals surface area contributed by atoms with Gasteiger partial charge in [0.25, 0.3) is 0 Å². The van der Waals surface area contributed by atoms with E-state index in [-0.39, 0.29) is 6.04 Å². The van der Waals surface area contributed by atoms with E-state index >= 15 is 0 Å². The monoisotopic (exact) mass is 268 g/mol. The Hall–Kier alpha value is -0.740. The molecule has 0 aliphatic heterocycles. The Morgan fingerprint density at radius 2 is 2.17 bits per heavy atom. The average Bonchev–Trinajstić information content (AvgIpc) is 2.36. The Morgan fingerprint density at radius 1 is 1.39 bits per heavy atom. The second-order valence-corrected chi connectivity index (χ2v) is 6.31. The highest BCUT2D eigenvalue weighted by atomic mass is 32.2. The van der Waals surface area contributed by atoms with Crippen molar-refractivity contribution < 1.29 is 4.74 Å². The quantitative estimate of drug-likeness (QED) is 0.737. The van der Waals surface area contributed by atoms with Crippen molar-refractivity contribution in [3.05, 3.63) is 24.0 Å². The minimum absolute atomic E-state index is 0.201. The molecule has 102 valence electrons. The van der Waals surface area contributed by atoms with Crippen LogP contribution in [-0.4, -0.2) is 28.6 Å². The number of nitrogens with zero attached hydrogens (tertiary/aromatic N) is 1. The zero-order chi connectivity index (χ0) is 13.4. The summed E-state index contributed by atoms with van der Waals surface area (Å²) in [6, 6.07) is 4.18. The Kier molecular flexibility index (Phi) is 7.13. The second-order valence-electron chi connectivity index (χ2n) is 4.63. The van der Waals surface area contributed by atoms with E-state index in [4.69, 9.17) is 10.5 Å². The lowest BCUT2D eigenvalue weighted by molar-refractivity contribution is 0.342. The molecule has 3 nitrogen and oxygen atoms in total. The average molecular weight is 268 g/mol. The number of pyridine rings is 1. The van der Waals surface area contributed by atoms with Crippen molar-refractivity contribution in [2.24, 2.45) is 5.73 Å². The molecule has 0 fully saturated rings.